The van der Waals surface area contributed by atoms with E-state index in [4.69, 9.17) is 4.74 Å². The number of rotatable bonds is 9. The minimum atomic E-state index is -0.658. The van der Waals surface area contributed by atoms with Gasteiger partial charge >= 0.3 is 6.09 Å². The standard InChI is InChI=1S/C28H33N3O5S/c1-5-19-12-14-20(15-13-19)18-23-25(33)31(27(35)37-23)17-9-8-16-29-24(32)21-10-6-7-11-22(21)30-26(34)36-28(2,3)4/h6-7,10-15,18H,5,8-9,16-17H2,1-4H3,(H,29,32)(H,30,34)/b23-18-. The van der Waals surface area contributed by atoms with Gasteiger partial charge in [-0.05, 0) is 81.1 Å². The van der Waals surface area contributed by atoms with Gasteiger partial charge in [-0.1, -0.05) is 43.3 Å². The fourth-order valence-corrected chi connectivity index (χ4v) is 4.45. The second-order valence-electron chi connectivity index (χ2n) is 9.56. The molecule has 2 N–H and O–H groups in total. The highest BCUT2D eigenvalue weighted by molar-refractivity contribution is 8.18. The van der Waals surface area contributed by atoms with Crippen LogP contribution in [-0.2, 0) is 16.0 Å². The number of hydrogen-bond acceptors (Lipinski definition) is 6. The van der Waals surface area contributed by atoms with Crippen LogP contribution in [0.15, 0.2) is 53.4 Å². The van der Waals surface area contributed by atoms with Crippen molar-refractivity contribution >= 4 is 46.7 Å². The first kappa shape index (κ1) is 28.0. The number of aryl methyl sites for hydroxylation is 1. The maximum Gasteiger partial charge on any atom is 0.412 e. The number of ether oxygens (including phenoxy) is 1. The average molecular weight is 524 g/mol. The number of nitrogens with one attached hydrogen (secondary N) is 2. The Balaban J connectivity index is 1.47. The Labute approximate surface area is 221 Å². The number of nitrogens with zero attached hydrogens (tertiary/aromatic N) is 1. The number of thioether (sulfide) groups is 1. The number of benzene rings is 2. The summed E-state index contributed by atoms with van der Waals surface area (Å²) in [6, 6.07) is 14.6. The molecule has 0 aliphatic carbocycles. The van der Waals surface area contributed by atoms with Crippen molar-refractivity contribution in [2.45, 2.75) is 52.6 Å². The molecule has 37 heavy (non-hydrogen) atoms. The van der Waals surface area contributed by atoms with Crippen LogP contribution in [-0.4, -0.2) is 46.7 Å². The zero-order chi connectivity index (χ0) is 27.0. The lowest BCUT2D eigenvalue weighted by Crippen LogP contribution is -2.31. The van der Waals surface area contributed by atoms with E-state index in [2.05, 4.69) is 17.6 Å². The normalized spacial score (nSPS) is 14.7. The maximum absolute atomic E-state index is 12.7. The van der Waals surface area contributed by atoms with E-state index < -0.39 is 11.7 Å². The third-order valence-corrected chi connectivity index (χ3v) is 6.37. The highest BCUT2D eigenvalue weighted by atomic mass is 32.2. The Morgan fingerprint density at radius 1 is 1.03 bits per heavy atom. The molecule has 0 saturated carbocycles. The molecule has 8 nitrogen and oxygen atoms in total. The van der Waals surface area contributed by atoms with Crippen LogP contribution in [0.25, 0.3) is 6.08 Å². The average Bonchev–Trinajstić information content (AvgIpc) is 3.10. The molecule has 2 aromatic carbocycles. The fourth-order valence-electron chi connectivity index (χ4n) is 3.59. The van der Waals surface area contributed by atoms with Gasteiger partial charge in [-0.25, -0.2) is 4.79 Å². The fraction of sp³-hybridized carbons (Fsp3) is 0.357. The van der Waals surface area contributed by atoms with Crippen molar-refractivity contribution in [2.24, 2.45) is 0 Å². The van der Waals surface area contributed by atoms with E-state index in [9.17, 15) is 19.2 Å². The van der Waals surface area contributed by atoms with Gasteiger partial charge in [0.1, 0.15) is 5.60 Å². The van der Waals surface area contributed by atoms with E-state index in [1.165, 1.54) is 10.5 Å². The van der Waals surface area contributed by atoms with Gasteiger partial charge < -0.3 is 10.1 Å². The predicted octanol–water partition coefficient (Wildman–Crippen LogP) is 5.84. The number of para-hydroxylation sites is 1. The Hall–Kier alpha value is -3.59. The number of anilines is 1. The van der Waals surface area contributed by atoms with Crippen LogP contribution in [0, 0.1) is 0 Å². The van der Waals surface area contributed by atoms with Crippen molar-refractivity contribution < 1.29 is 23.9 Å². The van der Waals surface area contributed by atoms with Crippen LogP contribution < -0.4 is 10.6 Å². The molecule has 3 rings (SSSR count). The molecular formula is C28H33N3O5S. The first-order valence-electron chi connectivity index (χ1n) is 12.3. The molecule has 1 aliphatic rings. The van der Waals surface area contributed by atoms with Gasteiger partial charge in [0, 0.05) is 13.1 Å². The highest BCUT2D eigenvalue weighted by Gasteiger charge is 2.34. The van der Waals surface area contributed by atoms with Crippen LogP contribution in [0.5, 0.6) is 0 Å². The van der Waals surface area contributed by atoms with E-state index in [1.54, 1.807) is 51.1 Å². The second kappa shape index (κ2) is 12.6. The van der Waals surface area contributed by atoms with E-state index in [-0.39, 0.29) is 23.6 Å². The van der Waals surface area contributed by atoms with Crippen LogP contribution in [0.2, 0.25) is 0 Å². The van der Waals surface area contributed by atoms with Crippen molar-refractivity contribution in [3.63, 3.8) is 0 Å². The van der Waals surface area contributed by atoms with Gasteiger partial charge in [0.05, 0.1) is 16.2 Å². The smallest absolute Gasteiger partial charge is 0.412 e. The van der Waals surface area contributed by atoms with Crippen molar-refractivity contribution in [3.8, 4) is 0 Å². The van der Waals surface area contributed by atoms with E-state index >= 15 is 0 Å². The quantitative estimate of drug-likeness (QED) is 0.316. The summed E-state index contributed by atoms with van der Waals surface area (Å²) < 4.78 is 5.26. The zero-order valence-electron chi connectivity index (χ0n) is 21.6. The summed E-state index contributed by atoms with van der Waals surface area (Å²) in [5.74, 6) is -0.629. The maximum atomic E-state index is 12.7. The molecule has 0 bridgehead atoms. The number of carbonyl (C=O) groups excluding carboxylic acids is 4. The molecule has 4 amide bonds. The molecule has 0 radical (unpaired) electrons. The Morgan fingerprint density at radius 3 is 2.41 bits per heavy atom. The molecule has 2 aromatic rings. The van der Waals surface area contributed by atoms with Crippen molar-refractivity contribution in [3.05, 3.63) is 70.1 Å². The van der Waals surface area contributed by atoms with Gasteiger partial charge in [-0.3, -0.25) is 24.6 Å². The number of imide groups is 1. The van der Waals surface area contributed by atoms with Crippen molar-refractivity contribution in [2.75, 3.05) is 18.4 Å². The van der Waals surface area contributed by atoms with Crippen molar-refractivity contribution in [1.29, 1.82) is 0 Å². The van der Waals surface area contributed by atoms with Gasteiger partial charge in [-0.2, -0.15) is 0 Å². The van der Waals surface area contributed by atoms with Crippen LogP contribution in [0.3, 0.4) is 0 Å². The van der Waals surface area contributed by atoms with E-state index in [1.807, 2.05) is 24.3 Å². The summed E-state index contributed by atoms with van der Waals surface area (Å²) in [6.07, 6.45) is 3.17. The predicted molar refractivity (Wildman–Crippen MR) is 146 cm³/mol. The highest BCUT2D eigenvalue weighted by Crippen LogP contribution is 2.32. The lowest BCUT2D eigenvalue weighted by atomic mass is 10.1. The summed E-state index contributed by atoms with van der Waals surface area (Å²) in [5.41, 5.74) is 2.10. The van der Waals surface area contributed by atoms with Gasteiger partial charge in [0.25, 0.3) is 17.1 Å². The monoisotopic (exact) mass is 523 g/mol. The molecule has 0 spiro atoms. The third kappa shape index (κ3) is 8.21. The summed E-state index contributed by atoms with van der Waals surface area (Å²) in [5, 5.41) is 5.15. The Bertz CT molecular complexity index is 1190. The second-order valence-corrected chi connectivity index (χ2v) is 10.6. The molecule has 196 valence electrons. The largest absolute Gasteiger partial charge is 0.444 e. The van der Waals surface area contributed by atoms with Crippen LogP contribution in [0.4, 0.5) is 15.3 Å². The zero-order valence-corrected chi connectivity index (χ0v) is 22.4. The van der Waals surface area contributed by atoms with Gasteiger partial charge in [-0.15, -0.1) is 0 Å². The van der Waals surface area contributed by atoms with Gasteiger partial charge in [0.15, 0.2) is 0 Å². The SMILES string of the molecule is CCc1ccc(/C=C2\SC(=O)N(CCCCNC(=O)c3ccccc3NC(=O)OC(C)(C)C)C2=O)cc1. The molecule has 0 aromatic heterocycles. The number of unbranched alkanes of at least 4 members (excludes halogenated alkanes) is 1. The molecule has 0 atom stereocenters. The van der Waals surface area contributed by atoms with Crippen LogP contribution in [0.1, 0.15) is 62.0 Å². The molecule has 0 unspecified atom stereocenters. The summed E-state index contributed by atoms with van der Waals surface area (Å²) in [6.45, 7) is 7.99. The summed E-state index contributed by atoms with van der Waals surface area (Å²) in [4.78, 5) is 51.5. The molecule has 1 aliphatic heterocycles. The van der Waals surface area contributed by atoms with Crippen molar-refractivity contribution in [1.82, 2.24) is 10.2 Å². The minimum absolute atomic E-state index is 0.281. The van der Waals surface area contributed by atoms with Gasteiger partial charge in [0.2, 0.25) is 0 Å². The molecule has 1 saturated heterocycles. The Kier molecular flexibility index (Phi) is 9.52. The molecule has 1 heterocycles. The van der Waals surface area contributed by atoms with E-state index in [0.717, 1.165) is 23.7 Å². The first-order valence-corrected chi connectivity index (χ1v) is 13.1. The molecular weight excluding hydrogens is 490 g/mol. The summed E-state index contributed by atoms with van der Waals surface area (Å²) >= 11 is 0.946. The number of amides is 4. The van der Waals surface area contributed by atoms with Crippen LogP contribution >= 0.6 is 11.8 Å². The molecule has 9 heteroatoms. The van der Waals surface area contributed by atoms with E-state index in [0.29, 0.717) is 35.5 Å². The number of hydrogen-bond donors (Lipinski definition) is 2. The topological polar surface area (TPSA) is 105 Å². The Morgan fingerprint density at radius 2 is 1.73 bits per heavy atom. The molecule has 1 fully saturated rings. The number of carbonyl (C=O) groups is 4. The lowest BCUT2D eigenvalue weighted by Gasteiger charge is -2.20. The lowest BCUT2D eigenvalue weighted by molar-refractivity contribution is -0.122. The summed E-state index contributed by atoms with van der Waals surface area (Å²) in [7, 11) is 0. The minimum Gasteiger partial charge on any atom is -0.444 e. The first-order chi connectivity index (χ1) is 17.6. The third-order valence-electron chi connectivity index (χ3n) is 5.46.